The Morgan fingerprint density at radius 3 is 2.62 bits per heavy atom. The van der Waals surface area contributed by atoms with Gasteiger partial charge in [0.1, 0.15) is 23.6 Å². The Morgan fingerprint density at radius 1 is 1.14 bits per heavy atom. The third-order valence-electron chi connectivity index (χ3n) is 3.86. The highest BCUT2D eigenvalue weighted by molar-refractivity contribution is 7.16. The van der Waals surface area contributed by atoms with E-state index in [9.17, 15) is 9.59 Å². The van der Waals surface area contributed by atoms with Crippen LogP contribution in [-0.4, -0.2) is 37.3 Å². The summed E-state index contributed by atoms with van der Waals surface area (Å²) >= 11 is 13.1. The molecule has 1 heterocycles. The molecule has 0 N–H and O–H groups in total. The molecule has 0 unspecified atom stereocenters. The number of carbonyl (C=O) groups is 2. The van der Waals surface area contributed by atoms with E-state index < -0.39 is 11.9 Å². The van der Waals surface area contributed by atoms with Gasteiger partial charge in [0.25, 0.3) is 5.91 Å². The lowest BCUT2D eigenvalue weighted by atomic mass is 10.3. The van der Waals surface area contributed by atoms with Crippen LogP contribution in [0, 0.1) is 0 Å². The van der Waals surface area contributed by atoms with Gasteiger partial charge in [0.2, 0.25) is 0 Å². The summed E-state index contributed by atoms with van der Waals surface area (Å²) in [7, 11) is 2.82. The maximum absolute atomic E-state index is 12.4. The number of benzene rings is 2. The van der Waals surface area contributed by atoms with Crippen LogP contribution < -0.4 is 14.3 Å². The van der Waals surface area contributed by atoms with Gasteiger partial charge in [-0.1, -0.05) is 40.6 Å². The van der Waals surface area contributed by atoms with Gasteiger partial charge in [0.15, 0.2) is 11.4 Å². The molecule has 29 heavy (non-hydrogen) atoms. The number of carbonyl (C=O) groups excluding carboxylic acids is 2. The Hall–Kier alpha value is -2.55. The van der Waals surface area contributed by atoms with Crippen LogP contribution in [0.3, 0.4) is 0 Å². The van der Waals surface area contributed by atoms with Crippen LogP contribution in [0.4, 0.5) is 0 Å². The highest BCUT2D eigenvalue weighted by Crippen LogP contribution is 2.28. The number of halogens is 2. The second kappa shape index (κ2) is 9.30. The van der Waals surface area contributed by atoms with E-state index in [0.29, 0.717) is 26.8 Å². The molecule has 0 aliphatic carbocycles. The molecule has 0 fully saturated rings. The Morgan fingerprint density at radius 2 is 1.93 bits per heavy atom. The SMILES string of the molecule is COC(=O)Cn1c(=NC(=O)COc2ccc(Cl)cc2Cl)sc2cccc(OC)c21. The van der Waals surface area contributed by atoms with E-state index in [4.69, 9.17) is 37.4 Å². The quantitative estimate of drug-likeness (QED) is 0.530. The largest absolute Gasteiger partial charge is 0.495 e. The highest BCUT2D eigenvalue weighted by Gasteiger charge is 2.15. The monoisotopic (exact) mass is 454 g/mol. The van der Waals surface area contributed by atoms with Crippen LogP contribution in [0.15, 0.2) is 41.4 Å². The fourth-order valence-electron chi connectivity index (χ4n) is 2.56. The van der Waals surface area contributed by atoms with E-state index in [-0.39, 0.29) is 18.2 Å². The van der Waals surface area contributed by atoms with Crippen LogP contribution >= 0.6 is 34.5 Å². The van der Waals surface area contributed by atoms with Crippen molar-refractivity contribution >= 4 is 56.6 Å². The molecule has 10 heteroatoms. The van der Waals surface area contributed by atoms with Crippen molar-refractivity contribution in [3.8, 4) is 11.5 Å². The summed E-state index contributed by atoms with van der Waals surface area (Å²) in [5.74, 6) is -0.144. The predicted molar refractivity (Wildman–Crippen MR) is 111 cm³/mol. The molecule has 0 radical (unpaired) electrons. The number of aromatic nitrogens is 1. The summed E-state index contributed by atoms with van der Waals surface area (Å²) in [6, 6.07) is 10.1. The first-order chi connectivity index (χ1) is 13.9. The molecule has 0 saturated heterocycles. The average molecular weight is 455 g/mol. The number of hydrogen-bond acceptors (Lipinski definition) is 6. The summed E-state index contributed by atoms with van der Waals surface area (Å²) in [6.45, 7) is -0.447. The van der Waals surface area contributed by atoms with Crippen molar-refractivity contribution in [1.82, 2.24) is 4.57 Å². The second-order valence-electron chi connectivity index (χ2n) is 5.72. The molecule has 0 saturated carbocycles. The Labute approximate surface area is 180 Å². The number of nitrogens with zero attached hydrogens (tertiary/aromatic N) is 2. The van der Waals surface area contributed by atoms with Crippen molar-refractivity contribution < 1.29 is 23.8 Å². The minimum absolute atomic E-state index is 0.118. The van der Waals surface area contributed by atoms with Crippen LogP contribution in [-0.2, 0) is 20.9 Å². The number of rotatable bonds is 6. The van der Waals surface area contributed by atoms with Crippen LogP contribution in [0.5, 0.6) is 11.5 Å². The summed E-state index contributed by atoms with van der Waals surface area (Å²) < 4.78 is 18.0. The van der Waals surface area contributed by atoms with Crippen molar-refractivity contribution in [1.29, 1.82) is 0 Å². The normalized spacial score (nSPS) is 11.5. The van der Waals surface area contributed by atoms with Crippen molar-refractivity contribution in [2.75, 3.05) is 20.8 Å². The van der Waals surface area contributed by atoms with Gasteiger partial charge in [0.05, 0.1) is 23.9 Å². The van der Waals surface area contributed by atoms with Crippen molar-refractivity contribution in [2.45, 2.75) is 6.54 Å². The van der Waals surface area contributed by atoms with Gasteiger partial charge >= 0.3 is 5.97 Å². The van der Waals surface area contributed by atoms with Crippen molar-refractivity contribution in [3.05, 3.63) is 51.2 Å². The lowest BCUT2D eigenvalue weighted by Gasteiger charge is -2.07. The van der Waals surface area contributed by atoms with Gasteiger partial charge in [-0.2, -0.15) is 4.99 Å². The number of amides is 1. The zero-order valence-electron chi connectivity index (χ0n) is 15.5. The third kappa shape index (κ3) is 4.90. The number of hydrogen-bond donors (Lipinski definition) is 0. The van der Waals surface area contributed by atoms with Crippen molar-refractivity contribution in [2.24, 2.45) is 4.99 Å². The highest BCUT2D eigenvalue weighted by atomic mass is 35.5. The number of para-hydroxylation sites is 1. The predicted octanol–water partition coefficient (Wildman–Crippen LogP) is 3.70. The molecule has 3 aromatic rings. The fourth-order valence-corrected chi connectivity index (χ4v) is 4.09. The number of methoxy groups -OCH3 is 2. The molecule has 1 aromatic heterocycles. The van der Waals surface area contributed by atoms with Gasteiger partial charge in [-0.25, -0.2) is 0 Å². The Bertz CT molecular complexity index is 1140. The van der Waals surface area contributed by atoms with Crippen LogP contribution in [0.2, 0.25) is 10.0 Å². The summed E-state index contributed by atoms with van der Waals surface area (Å²) in [4.78, 5) is 28.7. The molecule has 0 bridgehead atoms. The molecule has 2 aromatic carbocycles. The van der Waals surface area contributed by atoms with E-state index in [2.05, 4.69) is 4.99 Å². The molecule has 152 valence electrons. The minimum atomic E-state index is -0.542. The third-order valence-corrected chi connectivity index (χ3v) is 5.44. The number of fused-ring (bicyclic) bond motifs is 1. The first-order valence-electron chi connectivity index (χ1n) is 8.31. The zero-order chi connectivity index (χ0) is 21.0. The molecule has 3 rings (SSSR count). The van der Waals surface area contributed by atoms with Gasteiger partial charge in [-0.15, -0.1) is 0 Å². The van der Waals surface area contributed by atoms with Gasteiger partial charge in [-0.05, 0) is 30.3 Å². The first-order valence-corrected chi connectivity index (χ1v) is 9.88. The van der Waals surface area contributed by atoms with Gasteiger partial charge in [0, 0.05) is 5.02 Å². The Kier molecular flexibility index (Phi) is 6.79. The van der Waals surface area contributed by atoms with Crippen LogP contribution in [0.1, 0.15) is 0 Å². The van der Waals surface area contributed by atoms with Crippen LogP contribution in [0.25, 0.3) is 10.2 Å². The first kappa shape index (κ1) is 21.2. The molecule has 0 spiro atoms. The summed E-state index contributed by atoms with van der Waals surface area (Å²) in [6.07, 6.45) is 0. The fraction of sp³-hybridized carbons (Fsp3) is 0.211. The summed E-state index contributed by atoms with van der Waals surface area (Å²) in [5.41, 5.74) is 0.651. The molecule has 0 aliphatic rings. The minimum Gasteiger partial charge on any atom is -0.495 e. The van der Waals surface area contributed by atoms with E-state index >= 15 is 0 Å². The van der Waals surface area contributed by atoms with E-state index in [1.807, 2.05) is 12.1 Å². The van der Waals surface area contributed by atoms with E-state index in [0.717, 1.165) is 4.70 Å². The molecular weight excluding hydrogens is 439 g/mol. The molecular formula is C19H16Cl2N2O5S. The maximum Gasteiger partial charge on any atom is 0.325 e. The molecule has 0 atom stereocenters. The molecule has 7 nitrogen and oxygen atoms in total. The smallest absolute Gasteiger partial charge is 0.325 e. The Balaban J connectivity index is 1.94. The topological polar surface area (TPSA) is 79.1 Å². The molecule has 0 aliphatic heterocycles. The van der Waals surface area contributed by atoms with E-state index in [1.54, 1.807) is 22.8 Å². The number of thiazole rings is 1. The zero-order valence-corrected chi connectivity index (χ0v) is 17.8. The second-order valence-corrected chi connectivity index (χ2v) is 7.58. The van der Waals surface area contributed by atoms with E-state index in [1.165, 1.54) is 31.6 Å². The van der Waals surface area contributed by atoms with Gasteiger partial charge < -0.3 is 18.8 Å². The number of ether oxygens (including phenoxy) is 3. The number of esters is 1. The standard InChI is InChI=1S/C19H16Cl2N2O5S/c1-26-14-4-3-5-15-18(14)23(9-17(25)27-2)19(29-15)22-16(24)10-28-13-7-6-11(20)8-12(13)21/h3-8H,9-10H2,1-2H3. The summed E-state index contributed by atoms with van der Waals surface area (Å²) in [5, 5.41) is 0.749. The maximum atomic E-state index is 12.4. The van der Waals surface area contributed by atoms with Crippen molar-refractivity contribution in [3.63, 3.8) is 0 Å². The molecule has 1 amide bonds. The average Bonchev–Trinajstić information content (AvgIpc) is 3.04. The lowest BCUT2D eigenvalue weighted by molar-refractivity contribution is -0.141. The lowest BCUT2D eigenvalue weighted by Crippen LogP contribution is -2.23. The van der Waals surface area contributed by atoms with Gasteiger partial charge in [-0.3, -0.25) is 9.59 Å².